The largest absolute Gasteiger partial charge is 0.369 e. The third-order valence-corrected chi connectivity index (χ3v) is 2.99. The van der Waals surface area contributed by atoms with Gasteiger partial charge in [0.25, 0.3) is 0 Å². The highest BCUT2D eigenvalue weighted by atomic mass is 15.1. The van der Waals surface area contributed by atoms with Gasteiger partial charge in [-0.05, 0) is 19.0 Å². The first-order chi connectivity index (χ1) is 9.78. The van der Waals surface area contributed by atoms with E-state index in [-0.39, 0.29) is 0 Å². The van der Waals surface area contributed by atoms with E-state index in [1.54, 1.807) is 6.20 Å². The van der Waals surface area contributed by atoms with E-state index < -0.39 is 0 Å². The Kier molecular flexibility index (Phi) is 5.50. The average molecular weight is 270 g/mol. The number of aromatic nitrogens is 2. The molecule has 1 aromatic heterocycles. The van der Waals surface area contributed by atoms with Crippen LogP contribution in [0.5, 0.6) is 0 Å². The van der Waals surface area contributed by atoms with Crippen molar-refractivity contribution in [3.8, 4) is 0 Å². The summed E-state index contributed by atoms with van der Waals surface area (Å²) in [7, 11) is 2.10. The van der Waals surface area contributed by atoms with Gasteiger partial charge in [0, 0.05) is 19.6 Å². The number of hydrogen-bond acceptors (Lipinski definition) is 4. The van der Waals surface area contributed by atoms with Crippen LogP contribution in [-0.4, -0.2) is 28.5 Å². The van der Waals surface area contributed by atoms with Crippen molar-refractivity contribution in [2.24, 2.45) is 0 Å². The van der Waals surface area contributed by atoms with Crippen LogP contribution in [0.1, 0.15) is 24.6 Å². The van der Waals surface area contributed by atoms with E-state index in [1.807, 2.05) is 12.3 Å². The van der Waals surface area contributed by atoms with Crippen molar-refractivity contribution in [3.05, 3.63) is 54.0 Å². The summed E-state index contributed by atoms with van der Waals surface area (Å²) in [5.74, 6) is 0.848. The van der Waals surface area contributed by atoms with Crippen LogP contribution in [0.3, 0.4) is 0 Å². The van der Waals surface area contributed by atoms with Crippen LogP contribution in [0.4, 0.5) is 5.82 Å². The van der Waals surface area contributed by atoms with Crippen molar-refractivity contribution in [3.63, 3.8) is 0 Å². The van der Waals surface area contributed by atoms with Gasteiger partial charge in [-0.3, -0.25) is 9.88 Å². The van der Waals surface area contributed by atoms with Crippen LogP contribution < -0.4 is 5.32 Å². The molecule has 1 heterocycles. The normalized spacial score (nSPS) is 10.8. The molecule has 106 valence electrons. The second-order valence-corrected chi connectivity index (χ2v) is 4.98. The number of benzene rings is 1. The lowest BCUT2D eigenvalue weighted by Crippen LogP contribution is -2.18. The van der Waals surface area contributed by atoms with E-state index in [1.165, 1.54) is 5.56 Å². The third-order valence-electron chi connectivity index (χ3n) is 2.99. The Bertz CT molecular complexity index is 496. The maximum Gasteiger partial charge on any atom is 0.144 e. The Morgan fingerprint density at radius 3 is 2.50 bits per heavy atom. The summed E-state index contributed by atoms with van der Waals surface area (Å²) in [5, 5.41) is 3.23. The topological polar surface area (TPSA) is 41.1 Å². The standard InChI is InChI=1S/C16H22N4/c1-3-9-17-16-11-18-15(10-19-16)13-20(2)12-14-7-5-4-6-8-14/h4-8,10-11H,3,9,12-13H2,1-2H3,(H,17,19). The Balaban J connectivity index is 1.86. The van der Waals surface area contributed by atoms with Gasteiger partial charge in [0.1, 0.15) is 5.82 Å². The SMILES string of the molecule is CCCNc1cnc(CN(C)Cc2ccccc2)cn1. The van der Waals surface area contributed by atoms with Crippen molar-refractivity contribution in [1.29, 1.82) is 0 Å². The van der Waals surface area contributed by atoms with Crippen LogP contribution >= 0.6 is 0 Å². The lowest BCUT2D eigenvalue weighted by molar-refractivity contribution is 0.314. The molecule has 0 saturated carbocycles. The second kappa shape index (κ2) is 7.60. The number of hydrogen-bond donors (Lipinski definition) is 1. The zero-order chi connectivity index (χ0) is 14.2. The predicted octanol–water partition coefficient (Wildman–Crippen LogP) is 2.93. The predicted molar refractivity (Wildman–Crippen MR) is 82.4 cm³/mol. The van der Waals surface area contributed by atoms with E-state index in [9.17, 15) is 0 Å². The van der Waals surface area contributed by atoms with Gasteiger partial charge in [-0.15, -0.1) is 0 Å². The van der Waals surface area contributed by atoms with E-state index in [2.05, 4.69) is 58.4 Å². The number of nitrogens with one attached hydrogen (secondary N) is 1. The van der Waals surface area contributed by atoms with E-state index in [4.69, 9.17) is 0 Å². The van der Waals surface area contributed by atoms with E-state index in [0.29, 0.717) is 0 Å². The highest BCUT2D eigenvalue weighted by molar-refractivity contribution is 5.30. The maximum atomic E-state index is 4.45. The molecular weight excluding hydrogens is 248 g/mol. The first-order valence-electron chi connectivity index (χ1n) is 7.05. The Morgan fingerprint density at radius 2 is 1.85 bits per heavy atom. The molecule has 4 heteroatoms. The summed E-state index contributed by atoms with van der Waals surface area (Å²) in [6.45, 7) is 4.78. The smallest absolute Gasteiger partial charge is 0.144 e. The lowest BCUT2D eigenvalue weighted by atomic mass is 10.2. The first kappa shape index (κ1) is 14.5. The zero-order valence-electron chi connectivity index (χ0n) is 12.2. The molecule has 1 aromatic carbocycles. The number of rotatable bonds is 7. The summed E-state index contributed by atoms with van der Waals surface area (Å²) in [6.07, 6.45) is 4.74. The third kappa shape index (κ3) is 4.63. The quantitative estimate of drug-likeness (QED) is 0.840. The van der Waals surface area contributed by atoms with Gasteiger partial charge < -0.3 is 5.32 Å². The molecule has 0 aliphatic carbocycles. The van der Waals surface area contributed by atoms with Crippen molar-refractivity contribution < 1.29 is 0 Å². The van der Waals surface area contributed by atoms with Gasteiger partial charge >= 0.3 is 0 Å². The number of anilines is 1. The van der Waals surface area contributed by atoms with Crippen molar-refractivity contribution in [2.75, 3.05) is 18.9 Å². The van der Waals surface area contributed by atoms with E-state index >= 15 is 0 Å². The molecule has 1 N–H and O–H groups in total. The molecule has 2 rings (SSSR count). The molecule has 0 aliphatic rings. The summed E-state index contributed by atoms with van der Waals surface area (Å²) in [4.78, 5) is 11.1. The molecule has 2 aromatic rings. The monoisotopic (exact) mass is 270 g/mol. The van der Waals surface area contributed by atoms with Crippen molar-refractivity contribution in [2.45, 2.75) is 26.4 Å². The minimum Gasteiger partial charge on any atom is -0.369 e. The fourth-order valence-electron chi connectivity index (χ4n) is 2.01. The van der Waals surface area contributed by atoms with Gasteiger partial charge in [-0.25, -0.2) is 4.98 Å². The average Bonchev–Trinajstić information content (AvgIpc) is 2.47. The summed E-state index contributed by atoms with van der Waals surface area (Å²) < 4.78 is 0. The van der Waals surface area contributed by atoms with E-state index in [0.717, 1.165) is 37.6 Å². The molecule has 0 radical (unpaired) electrons. The Labute approximate surface area is 120 Å². The fraction of sp³-hybridized carbons (Fsp3) is 0.375. The molecule has 0 atom stereocenters. The maximum absolute atomic E-state index is 4.45. The summed E-state index contributed by atoms with van der Waals surface area (Å²) >= 11 is 0. The van der Waals surface area contributed by atoms with Gasteiger partial charge in [-0.1, -0.05) is 37.3 Å². The van der Waals surface area contributed by atoms with Crippen molar-refractivity contribution in [1.82, 2.24) is 14.9 Å². The molecule has 0 fully saturated rings. The van der Waals surface area contributed by atoms with Crippen LogP contribution in [0, 0.1) is 0 Å². The van der Waals surface area contributed by atoms with Crippen LogP contribution in [0.25, 0.3) is 0 Å². The zero-order valence-corrected chi connectivity index (χ0v) is 12.2. The van der Waals surface area contributed by atoms with Gasteiger partial charge in [0.05, 0.1) is 18.1 Å². The first-order valence-corrected chi connectivity index (χ1v) is 7.05. The van der Waals surface area contributed by atoms with Gasteiger partial charge in [0.15, 0.2) is 0 Å². The van der Waals surface area contributed by atoms with Crippen molar-refractivity contribution >= 4 is 5.82 Å². The molecule has 4 nitrogen and oxygen atoms in total. The molecule has 0 aliphatic heterocycles. The fourth-order valence-corrected chi connectivity index (χ4v) is 2.01. The minimum absolute atomic E-state index is 0.802. The molecule has 0 amide bonds. The highest BCUT2D eigenvalue weighted by Crippen LogP contribution is 2.07. The van der Waals surface area contributed by atoms with Crippen LogP contribution in [0.15, 0.2) is 42.7 Å². The van der Waals surface area contributed by atoms with Gasteiger partial charge in [0.2, 0.25) is 0 Å². The minimum atomic E-state index is 0.802. The Hall–Kier alpha value is -1.94. The molecule has 0 spiro atoms. The Morgan fingerprint density at radius 1 is 1.05 bits per heavy atom. The van der Waals surface area contributed by atoms with Crippen LogP contribution in [0.2, 0.25) is 0 Å². The lowest BCUT2D eigenvalue weighted by Gasteiger charge is -2.16. The molecule has 20 heavy (non-hydrogen) atoms. The summed E-state index contributed by atoms with van der Waals surface area (Å²) in [5.41, 5.74) is 2.30. The highest BCUT2D eigenvalue weighted by Gasteiger charge is 2.03. The second-order valence-electron chi connectivity index (χ2n) is 4.98. The molecular formula is C16H22N4. The van der Waals surface area contributed by atoms with Crippen LogP contribution in [-0.2, 0) is 13.1 Å². The molecule has 0 unspecified atom stereocenters. The molecule has 0 saturated heterocycles. The summed E-state index contributed by atoms with van der Waals surface area (Å²) in [6, 6.07) is 10.4. The number of nitrogens with zero attached hydrogens (tertiary/aromatic N) is 3. The van der Waals surface area contributed by atoms with Gasteiger partial charge in [-0.2, -0.15) is 0 Å². The molecule has 0 bridgehead atoms.